The van der Waals surface area contributed by atoms with Crippen LogP contribution in [-0.4, -0.2) is 12.0 Å². The molecule has 2 rings (SSSR count). The molecule has 0 aliphatic heterocycles. The molecule has 0 amide bonds. The summed E-state index contributed by atoms with van der Waals surface area (Å²) in [5.74, 6) is 0. The van der Waals surface area contributed by atoms with Crippen LogP contribution in [0.3, 0.4) is 0 Å². The smallest absolute Gasteiger partial charge is 0.0589 e. The third kappa shape index (κ3) is 2.62. The number of hydrogen-bond donors (Lipinski definition) is 1. The molecule has 0 saturated carbocycles. The van der Waals surface area contributed by atoms with Crippen molar-refractivity contribution in [2.45, 2.75) is 19.9 Å². The lowest BCUT2D eigenvalue weighted by Gasteiger charge is -2.19. The van der Waals surface area contributed by atoms with Crippen LogP contribution in [-0.2, 0) is 0 Å². The Kier molecular flexibility index (Phi) is 4.15. The summed E-state index contributed by atoms with van der Waals surface area (Å²) in [5.41, 5.74) is 4.97. The van der Waals surface area contributed by atoms with Crippen molar-refractivity contribution in [2.75, 3.05) is 7.05 Å². The predicted molar refractivity (Wildman–Crippen MR) is 78.8 cm³/mol. The van der Waals surface area contributed by atoms with Crippen molar-refractivity contribution < 1.29 is 0 Å². The Balaban J connectivity index is 2.46. The summed E-state index contributed by atoms with van der Waals surface area (Å²) in [7, 11) is 1.98. The molecule has 1 atom stereocenters. The van der Waals surface area contributed by atoms with E-state index in [1.54, 1.807) is 6.20 Å². The highest BCUT2D eigenvalue weighted by Gasteiger charge is 2.13. The second-order valence-electron chi connectivity index (χ2n) is 4.48. The molecule has 1 N–H and O–H groups in total. The third-order valence-electron chi connectivity index (χ3n) is 3.10. The molecule has 0 saturated heterocycles. The van der Waals surface area contributed by atoms with E-state index in [0.717, 1.165) is 0 Å². The van der Waals surface area contributed by atoms with Gasteiger partial charge < -0.3 is 5.32 Å². The Morgan fingerprint density at radius 1 is 1.17 bits per heavy atom. The van der Waals surface area contributed by atoms with Gasteiger partial charge in [0, 0.05) is 16.9 Å². The van der Waals surface area contributed by atoms with E-state index in [1.807, 2.05) is 19.3 Å². The molecule has 0 spiro atoms. The van der Waals surface area contributed by atoms with Gasteiger partial charge in [0.1, 0.15) is 0 Å². The number of hydrogen-bond acceptors (Lipinski definition) is 2. The predicted octanol–water partition coefficient (Wildman–Crippen LogP) is 3.77. The Labute approximate surface area is 117 Å². The Hall–Kier alpha value is -1.19. The summed E-state index contributed by atoms with van der Waals surface area (Å²) in [6.45, 7) is 4.24. The van der Waals surface area contributed by atoms with E-state index < -0.39 is 0 Å². The molecule has 0 bridgehead atoms. The van der Waals surface area contributed by atoms with Crippen molar-refractivity contribution >= 4 is 15.9 Å². The van der Waals surface area contributed by atoms with Crippen LogP contribution in [0, 0.1) is 13.8 Å². The minimum absolute atomic E-state index is 0.184. The molecule has 1 aromatic heterocycles. The first-order valence-corrected chi connectivity index (χ1v) is 6.76. The van der Waals surface area contributed by atoms with Crippen LogP contribution >= 0.6 is 15.9 Å². The molecule has 1 aromatic carbocycles. The molecule has 2 nitrogen and oxygen atoms in total. The number of nitrogens with zero attached hydrogens (tertiary/aromatic N) is 1. The molecular formula is C15H17BrN2. The fourth-order valence-electron chi connectivity index (χ4n) is 2.22. The lowest BCUT2D eigenvalue weighted by atomic mass is 9.97. The van der Waals surface area contributed by atoms with Crippen molar-refractivity contribution in [3.05, 3.63) is 63.4 Å². The maximum Gasteiger partial charge on any atom is 0.0589 e. The number of benzene rings is 1. The van der Waals surface area contributed by atoms with Crippen LogP contribution in [0.25, 0.3) is 0 Å². The molecule has 94 valence electrons. The lowest BCUT2D eigenvalue weighted by molar-refractivity contribution is 0.687. The van der Waals surface area contributed by atoms with E-state index in [4.69, 9.17) is 0 Å². The molecule has 0 aliphatic rings. The lowest BCUT2D eigenvalue weighted by Crippen LogP contribution is -2.18. The van der Waals surface area contributed by atoms with Crippen molar-refractivity contribution in [1.82, 2.24) is 10.3 Å². The van der Waals surface area contributed by atoms with Gasteiger partial charge in [-0.25, -0.2) is 0 Å². The van der Waals surface area contributed by atoms with Crippen molar-refractivity contribution in [3.63, 3.8) is 0 Å². The van der Waals surface area contributed by atoms with Gasteiger partial charge in [0.2, 0.25) is 0 Å². The Bertz CT molecular complexity index is 514. The number of pyridine rings is 1. The maximum absolute atomic E-state index is 4.19. The molecule has 1 heterocycles. The van der Waals surface area contributed by atoms with Crippen molar-refractivity contribution in [3.8, 4) is 0 Å². The molecule has 18 heavy (non-hydrogen) atoms. The summed E-state index contributed by atoms with van der Waals surface area (Å²) in [6, 6.07) is 8.68. The van der Waals surface area contributed by atoms with E-state index in [1.165, 1.54) is 26.7 Å². The average molecular weight is 305 g/mol. The highest BCUT2D eigenvalue weighted by Crippen LogP contribution is 2.28. The Morgan fingerprint density at radius 3 is 2.33 bits per heavy atom. The van der Waals surface area contributed by atoms with Gasteiger partial charge in [-0.1, -0.05) is 34.1 Å². The van der Waals surface area contributed by atoms with Gasteiger partial charge in [0.05, 0.1) is 6.04 Å². The first-order valence-electron chi connectivity index (χ1n) is 5.97. The third-order valence-corrected chi connectivity index (χ3v) is 4.35. The van der Waals surface area contributed by atoms with Crippen LogP contribution in [0.4, 0.5) is 0 Å². The van der Waals surface area contributed by atoms with E-state index in [0.29, 0.717) is 0 Å². The minimum atomic E-state index is 0.184. The summed E-state index contributed by atoms with van der Waals surface area (Å²) < 4.78 is 1.19. The average Bonchev–Trinajstić information content (AvgIpc) is 2.38. The molecule has 1 unspecified atom stereocenters. The van der Waals surface area contributed by atoms with Crippen molar-refractivity contribution in [2.24, 2.45) is 0 Å². The van der Waals surface area contributed by atoms with Crippen LogP contribution in [0.2, 0.25) is 0 Å². The van der Waals surface area contributed by atoms with Gasteiger partial charge in [0.25, 0.3) is 0 Å². The SMILES string of the molecule is CNC(c1cccnc1)c1cc(C)c(Br)c(C)c1. The Morgan fingerprint density at radius 2 is 1.83 bits per heavy atom. The number of rotatable bonds is 3. The van der Waals surface area contributed by atoms with Gasteiger partial charge in [-0.3, -0.25) is 4.98 Å². The molecule has 0 aliphatic carbocycles. The first-order chi connectivity index (χ1) is 8.63. The fraction of sp³-hybridized carbons (Fsp3) is 0.267. The van der Waals surface area contributed by atoms with Gasteiger partial charge >= 0.3 is 0 Å². The zero-order valence-electron chi connectivity index (χ0n) is 10.9. The van der Waals surface area contributed by atoms with E-state index in [-0.39, 0.29) is 6.04 Å². The summed E-state index contributed by atoms with van der Waals surface area (Å²) in [5, 5.41) is 3.35. The molecule has 0 fully saturated rings. The molecule has 0 radical (unpaired) electrons. The van der Waals surface area contributed by atoms with Gasteiger partial charge in [-0.2, -0.15) is 0 Å². The topological polar surface area (TPSA) is 24.9 Å². The van der Waals surface area contributed by atoms with Crippen molar-refractivity contribution in [1.29, 1.82) is 0 Å². The monoisotopic (exact) mass is 304 g/mol. The highest BCUT2D eigenvalue weighted by molar-refractivity contribution is 9.10. The highest BCUT2D eigenvalue weighted by atomic mass is 79.9. The quantitative estimate of drug-likeness (QED) is 0.933. The van der Waals surface area contributed by atoms with Crippen LogP contribution in [0.1, 0.15) is 28.3 Å². The van der Waals surface area contributed by atoms with Crippen LogP contribution in [0.15, 0.2) is 41.1 Å². The van der Waals surface area contributed by atoms with E-state index in [9.17, 15) is 0 Å². The summed E-state index contributed by atoms with van der Waals surface area (Å²) >= 11 is 3.61. The van der Waals surface area contributed by atoms with Gasteiger partial charge in [0.15, 0.2) is 0 Å². The maximum atomic E-state index is 4.19. The number of nitrogens with one attached hydrogen (secondary N) is 1. The van der Waals surface area contributed by atoms with E-state index >= 15 is 0 Å². The molecule has 2 aromatic rings. The second-order valence-corrected chi connectivity index (χ2v) is 5.27. The largest absolute Gasteiger partial charge is 0.309 e. The minimum Gasteiger partial charge on any atom is -0.309 e. The summed E-state index contributed by atoms with van der Waals surface area (Å²) in [6.07, 6.45) is 3.71. The first kappa shape index (κ1) is 13.2. The summed E-state index contributed by atoms with van der Waals surface area (Å²) in [4.78, 5) is 4.19. The fourth-order valence-corrected chi connectivity index (χ4v) is 2.45. The second kappa shape index (κ2) is 5.63. The van der Waals surface area contributed by atoms with Gasteiger partial charge in [-0.15, -0.1) is 0 Å². The molecular weight excluding hydrogens is 288 g/mol. The van der Waals surface area contributed by atoms with Gasteiger partial charge in [-0.05, 0) is 49.2 Å². The zero-order valence-corrected chi connectivity index (χ0v) is 12.5. The standard InChI is InChI=1S/C15H17BrN2/c1-10-7-13(8-11(2)14(10)16)15(17-3)12-5-4-6-18-9-12/h4-9,15,17H,1-3H3. The number of halogens is 1. The van der Waals surface area contributed by atoms with Crippen LogP contribution in [0.5, 0.6) is 0 Å². The number of aromatic nitrogens is 1. The zero-order chi connectivity index (χ0) is 13.1. The normalized spacial score (nSPS) is 12.4. The van der Waals surface area contributed by atoms with Crippen LogP contribution < -0.4 is 5.32 Å². The van der Waals surface area contributed by atoms with E-state index in [2.05, 4.69) is 58.3 Å². The molecule has 3 heteroatoms. The number of aryl methyl sites for hydroxylation is 2.